The van der Waals surface area contributed by atoms with Crippen molar-refractivity contribution in [3.05, 3.63) is 76.2 Å². The smallest absolute Gasteiger partial charge is 0.279 e. The summed E-state index contributed by atoms with van der Waals surface area (Å²) in [4.78, 5) is 12.9. The summed E-state index contributed by atoms with van der Waals surface area (Å²) in [7, 11) is 0. The van der Waals surface area contributed by atoms with Gasteiger partial charge in [-0.2, -0.15) is 0 Å². The number of nitrogens with zero attached hydrogens (tertiary/aromatic N) is 1. The van der Waals surface area contributed by atoms with E-state index in [-0.39, 0.29) is 11.5 Å². The number of hydrogen-bond donors (Lipinski definition) is 1. The molecule has 2 aromatic carbocycles. The Labute approximate surface area is 130 Å². The molecule has 1 heterocycles. The van der Waals surface area contributed by atoms with Crippen molar-refractivity contribution >= 4 is 0 Å². The van der Waals surface area contributed by atoms with Crippen molar-refractivity contribution in [3.63, 3.8) is 0 Å². The molecular formula is C19H20N2O. The Morgan fingerprint density at radius 2 is 1.59 bits per heavy atom. The number of hydrogen-bond acceptors (Lipinski definition) is 1. The summed E-state index contributed by atoms with van der Waals surface area (Å²) in [5.41, 5.74) is 4.74. The highest BCUT2D eigenvalue weighted by Crippen LogP contribution is 2.26. The summed E-state index contributed by atoms with van der Waals surface area (Å²) in [5, 5.41) is 3.28. The second-order valence-electron chi connectivity index (χ2n) is 5.90. The first-order valence-corrected chi connectivity index (χ1v) is 7.55. The van der Waals surface area contributed by atoms with Crippen molar-refractivity contribution in [2.45, 2.75) is 26.7 Å². The highest BCUT2D eigenvalue weighted by atomic mass is 16.1. The van der Waals surface area contributed by atoms with E-state index in [4.69, 9.17) is 0 Å². The Bertz CT molecular complexity index is 824. The summed E-state index contributed by atoms with van der Waals surface area (Å²) in [5.74, 6) is 0.244. The van der Waals surface area contributed by atoms with Gasteiger partial charge in [-0.25, -0.2) is 4.68 Å². The van der Waals surface area contributed by atoms with E-state index in [1.807, 2.05) is 61.5 Å². The molecular weight excluding hydrogens is 272 g/mol. The Morgan fingerprint density at radius 3 is 2.18 bits per heavy atom. The molecule has 0 radical (unpaired) electrons. The number of nitrogens with one attached hydrogen (secondary N) is 1. The molecule has 3 heteroatoms. The molecule has 22 heavy (non-hydrogen) atoms. The van der Waals surface area contributed by atoms with Crippen molar-refractivity contribution in [2.24, 2.45) is 0 Å². The number of aromatic amines is 1. The zero-order valence-corrected chi connectivity index (χ0v) is 13.1. The van der Waals surface area contributed by atoms with Crippen LogP contribution in [0, 0.1) is 6.92 Å². The van der Waals surface area contributed by atoms with E-state index in [0.717, 1.165) is 22.5 Å². The van der Waals surface area contributed by atoms with Gasteiger partial charge in [-0.1, -0.05) is 61.9 Å². The predicted octanol–water partition coefficient (Wildman–Crippen LogP) is 4.26. The lowest BCUT2D eigenvalue weighted by molar-refractivity contribution is 0.761. The molecule has 0 aliphatic rings. The van der Waals surface area contributed by atoms with Crippen LogP contribution in [0.3, 0.4) is 0 Å². The predicted molar refractivity (Wildman–Crippen MR) is 90.7 cm³/mol. The second-order valence-corrected chi connectivity index (χ2v) is 5.90. The standard InChI is InChI=1S/C19H20N2O/c1-13(2)18-17(15-11-9-14(3)10-12-15)19(22)21(20-18)16-7-5-4-6-8-16/h4-13,20H,1-3H3. The lowest BCUT2D eigenvalue weighted by Gasteiger charge is -2.06. The number of H-pyrrole nitrogens is 1. The molecule has 0 aliphatic carbocycles. The third-order valence-electron chi connectivity index (χ3n) is 3.85. The van der Waals surface area contributed by atoms with Gasteiger partial charge in [0.05, 0.1) is 11.3 Å². The van der Waals surface area contributed by atoms with Crippen LogP contribution in [-0.4, -0.2) is 9.78 Å². The molecule has 0 amide bonds. The van der Waals surface area contributed by atoms with E-state index in [1.54, 1.807) is 4.68 Å². The molecule has 0 saturated carbocycles. The van der Waals surface area contributed by atoms with Gasteiger partial charge in [-0.05, 0) is 30.5 Å². The quantitative estimate of drug-likeness (QED) is 0.769. The van der Waals surface area contributed by atoms with E-state index >= 15 is 0 Å². The van der Waals surface area contributed by atoms with Crippen LogP contribution < -0.4 is 5.56 Å². The van der Waals surface area contributed by atoms with Crippen LogP contribution in [-0.2, 0) is 0 Å². The largest absolute Gasteiger partial charge is 0.294 e. The maximum absolute atomic E-state index is 12.9. The minimum absolute atomic E-state index is 0.00115. The summed E-state index contributed by atoms with van der Waals surface area (Å²) in [6.07, 6.45) is 0. The van der Waals surface area contributed by atoms with E-state index < -0.39 is 0 Å². The molecule has 0 fully saturated rings. The van der Waals surface area contributed by atoms with Gasteiger partial charge in [0.2, 0.25) is 0 Å². The molecule has 0 saturated heterocycles. The lowest BCUT2D eigenvalue weighted by atomic mass is 9.99. The lowest BCUT2D eigenvalue weighted by Crippen LogP contribution is -2.15. The number of para-hydroxylation sites is 1. The molecule has 1 N–H and O–H groups in total. The van der Waals surface area contributed by atoms with Crippen molar-refractivity contribution in [2.75, 3.05) is 0 Å². The molecule has 0 bridgehead atoms. The SMILES string of the molecule is Cc1ccc(-c2c(C(C)C)[nH]n(-c3ccccc3)c2=O)cc1. The van der Waals surface area contributed by atoms with Gasteiger partial charge < -0.3 is 0 Å². The minimum Gasteiger partial charge on any atom is -0.294 e. The highest BCUT2D eigenvalue weighted by molar-refractivity contribution is 5.66. The van der Waals surface area contributed by atoms with Crippen LogP contribution in [0.1, 0.15) is 31.0 Å². The average molecular weight is 292 g/mol. The first kappa shape index (κ1) is 14.4. The fourth-order valence-corrected chi connectivity index (χ4v) is 2.63. The van der Waals surface area contributed by atoms with Crippen molar-refractivity contribution in [1.29, 1.82) is 0 Å². The zero-order valence-electron chi connectivity index (χ0n) is 13.1. The fourth-order valence-electron chi connectivity index (χ4n) is 2.63. The molecule has 3 nitrogen and oxygen atoms in total. The highest BCUT2D eigenvalue weighted by Gasteiger charge is 2.18. The molecule has 1 aromatic heterocycles. The second kappa shape index (κ2) is 5.68. The molecule has 3 aromatic rings. The minimum atomic E-state index is -0.00115. The van der Waals surface area contributed by atoms with Gasteiger partial charge in [0.15, 0.2) is 0 Å². The van der Waals surface area contributed by atoms with Crippen molar-refractivity contribution in [1.82, 2.24) is 9.78 Å². The summed E-state index contributed by atoms with van der Waals surface area (Å²) in [6.45, 7) is 6.24. The molecule has 0 unspecified atom stereocenters. The molecule has 0 atom stereocenters. The van der Waals surface area contributed by atoms with Gasteiger partial charge >= 0.3 is 0 Å². The Kier molecular flexibility index (Phi) is 3.72. The van der Waals surface area contributed by atoms with Crippen molar-refractivity contribution < 1.29 is 0 Å². The molecule has 3 rings (SSSR count). The van der Waals surface area contributed by atoms with E-state index in [2.05, 4.69) is 18.9 Å². The van der Waals surface area contributed by atoms with Crippen molar-refractivity contribution in [3.8, 4) is 16.8 Å². The number of benzene rings is 2. The summed E-state index contributed by atoms with van der Waals surface area (Å²) >= 11 is 0. The molecule has 112 valence electrons. The van der Waals surface area contributed by atoms with Crippen LogP contribution in [0.4, 0.5) is 0 Å². The average Bonchev–Trinajstić information content (AvgIpc) is 2.87. The number of aromatic nitrogens is 2. The monoisotopic (exact) mass is 292 g/mol. The van der Waals surface area contributed by atoms with Gasteiger partial charge in [-0.3, -0.25) is 9.89 Å². The van der Waals surface area contributed by atoms with Crippen LogP contribution in [0.15, 0.2) is 59.4 Å². The van der Waals surface area contributed by atoms with E-state index in [0.29, 0.717) is 0 Å². The van der Waals surface area contributed by atoms with Gasteiger partial charge in [0.1, 0.15) is 0 Å². The Balaban J connectivity index is 2.23. The van der Waals surface area contributed by atoms with Gasteiger partial charge in [0.25, 0.3) is 5.56 Å². The van der Waals surface area contributed by atoms with Crippen LogP contribution in [0.25, 0.3) is 16.8 Å². The molecule has 0 aliphatic heterocycles. The maximum Gasteiger partial charge on any atom is 0.279 e. The fraction of sp³-hybridized carbons (Fsp3) is 0.211. The Morgan fingerprint density at radius 1 is 0.955 bits per heavy atom. The van der Waals surface area contributed by atoms with Crippen LogP contribution >= 0.6 is 0 Å². The normalized spacial score (nSPS) is 11.1. The number of aryl methyl sites for hydroxylation is 1. The number of rotatable bonds is 3. The van der Waals surface area contributed by atoms with E-state index in [9.17, 15) is 4.79 Å². The summed E-state index contributed by atoms with van der Waals surface area (Å²) in [6, 6.07) is 17.8. The van der Waals surface area contributed by atoms with Gasteiger partial charge in [-0.15, -0.1) is 0 Å². The summed E-state index contributed by atoms with van der Waals surface area (Å²) < 4.78 is 1.63. The third-order valence-corrected chi connectivity index (χ3v) is 3.85. The zero-order chi connectivity index (χ0) is 15.7. The maximum atomic E-state index is 12.9. The van der Waals surface area contributed by atoms with Crippen LogP contribution in [0.5, 0.6) is 0 Å². The first-order valence-electron chi connectivity index (χ1n) is 7.55. The van der Waals surface area contributed by atoms with E-state index in [1.165, 1.54) is 5.56 Å². The Hall–Kier alpha value is -2.55. The van der Waals surface area contributed by atoms with Crippen LogP contribution in [0.2, 0.25) is 0 Å². The first-order chi connectivity index (χ1) is 10.6. The topological polar surface area (TPSA) is 37.8 Å². The third kappa shape index (κ3) is 2.50. The molecule has 0 spiro atoms. The van der Waals surface area contributed by atoms with Gasteiger partial charge in [0, 0.05) is 5.69 Å².